The molecule has 0 heterocycles. The quantitative estimate of drug-likeness (QED) is 0.441. The van der Waals surface area contributed by atoms with Crippen LogP contribution in [0.25, 0.3) is 0 Å². The summed E-state index contributed by atoms with van der Waals surface area (Å²) < 4.78 is 11.5. The molecule has 1 amide bonds. The highest BCUT2D eigenvalue weighted by molar-refractivity contribution is 5.70. The molecule has 1 aliphatic carbocycles. The lowest BCUT2D eigenvalue weighted by molar-refractivity contribution is 0.0101. The van der Waals surface area contributed by atoms with Crippen LogP contribution >= 0.6 is 0 Å². The normalized spacial score (nSPS) is 19.3. The Bertz CT molecular complexity index is 559. The van der Waals surface area contributed by atoms with Crippen molar-refractivity contribution in [3.63, 3.8) is 0 Å². The maximum atomic E-state index is 12.3. The average Bonchev–Trinajstić information content (AvgIpc) is 2.74. The predicted molar refractivity (Wildman–Crippen MR) is 118 cm³/mol. The van der Waals surface area contributed by atoms with Gasteiger partial charge in [-0.2, -0.15) is 0 Å². The molecule has 5 nitrogen and oxygen atoms in total. The number of benzene rings is 1. The van der Waals surface area contributed by atoms with E-state index in [9.17, 15) is 4.79 Å². The summed E-state index contributed by atoms with van der Waals surface area (Å²) in [6.07, 6.45) is 10.3. The number of rotatable bonds is 12. The van der Waals surface area contributed by atoms with Crippen LogP contribution in [0.5, 0.6) is 5.75 Å². The number of hydrogen-bond acceptors (Lipinski definition) is 4. The van der Waals surface area contributed by atoms with Crippen molar-refractivity contribution < 1.29 is 14.3 Å². The van der Waals surface area contributed by atoms with Crippen molar-refractivity contribution in [1.82, 2.24) is 9.80 Å². The van der Waals surface area contributed by atoms with Crippen molar-refractivity contribution in [2.75, 3.05) is 33.8 Å². The summed E-state index contributed by atoms with van der Waals surface area (Å²) in [4.78, 5) is 16.5. The summed E-state index contributed by atoms with van der Waals surface area (Å²) >= 11 is 0. The number of carbonyl (C=O) groups excluding carboxylic acids is 1. The molecule has 164 valence electrons. The molecule has 0 aromatic heterocycles. The zero-order valence-electron chi connectivity index (χ0n) is 18.6. The Hall–Kier alpha value is -1.59. The third kappa shape index (κ3) is 9.18. The molecule has 0 radical (unpaired) electrons. The highest BCUT2D eigenvalue weighted by atomic mass is 16.6. The second-order valence-corrected chi connectivity index (χ2v) is 8.31. The van der Waals surface area contributed by atoms with E-state index in [0.29, 0.717) is 11.9 Å². The van der Waals surface area contributed by atoms with Gasteiger partial charge in [0, 0.05) is 19.7 Å². The van der Waals surface area contributed by atoms with Crippen molar-refractivity contribution in [1.29, 1.82) is 0 Å². The van der Waals surface area contributed by atoms with Crippen LogP contribution in [-0.2, 0) is 4.74 Å². The van der Waals surface area contributed by atoms with Crippen molar-refractivity contribution >= 4 is 6.09 Å². The van der Waals surface area contributed by atoms with Gasteiger partial charge in [0.2, 0.25) is 0 Å². The van der Waals surface area contributed by atoms with E-state index in [1.54, 1.807) is 17.0 Å². The smallest absolute Gasteiger partial charge is 0.410 e. The van der Waals surface area contributed by atoms with Gasteiger partial charge in [-0.1, -0.05) is 38.0 Å². The number of ether oxygens (including phenoxy) is 2. The van der Waals surface area contributed by atoms with Crippen LogP contribution in [0.4, 0.5) is 4.79 Å². The molecule has 1 fully saturated rings. The highest BCUT2D eigenvalue weighted by Crippen LogP contribution is 2.25. The Balaban J connectivity index is 1.55. The number of amides is 1. The van der Waals surface area contributed by atoms with Crippen molar-refractivity contribution in [3.8, 4) is 5.75 Å². The first kappa shape index (κ1) is 23.7. The van der Waals surface area contributed by atoms with Gasteiger partial charge in [0.15, 0.2) is 0 Å². The van der Waals surface area contributed by atoms with Crippen LogP contribution in [0.3, 0.4) is 0 Å². The zero-order valence-corrected chi connectivity index (χ0v) is 18.6. The van der Waals surface area contributed by atoms with Crippen molar-refractivity contribution in [2.45, 2.75) is 76.9 Å². The molecular weight excluding hydrogens is 364 g/mol. The number of carbonyl (C=O) groups is 1. The molecule has 29 heavy (non-hydrogen) atoms. The summed E-state index contributed by atoms with van der Waals surface area (Å²) in [5.41, 5.74) is 0. The summed E-state index contributed by atoms with van der Waals surface area (Å²) in [5.74, 6) is 0.595. The number of hydrogen-bond donors (Lipinski definition) is 0. The fraction of sp³-hybridized carbons (Fsp3) is 0.708. The summed E-state index contributed by atoms with van der Waals surface area (Å²) in [7, 11) is 4.06. The Labute approximate surface area is 177 Å². The monoisotopic (exact) mass is 404 g/mol. The minimum absolute atomic E-state index is 0.239. The Morgan fingerprint density at radius 2 is 1.62 bits per heavy atom. The van der Waals surface area contributed by atoms with E-state index < -0.39 is 0 Å². The first-order valence-electron chi connectivity index (χ1n) is 11.4. The number of nitrogens with zero attached hydrogens (tertiary/aromatic N) is 2. The van der Waals surface area contributed by atoms with E-state index in [1.165, 1.54) is 32.2 Å². The maximum Gasteiger partial charge on any atom is 0.415 e. The molecule has 0 unspecified atom stereocenters. The number of unbranched alkanes of at least 4 members (excludes halogenated alkanes) is 3. The molecule has 1 aliphatic rings. The van der Waals surface area contributed by atoms with Crippen LogP contribution in [-0.4, -0.2) is 61.8 Å². The van der Waals surface area contributed by atoms with Gasteiger partial charge in [-0.3, -0.25) is 0 Å². The van der Waals surface area contributed by atoms with Crippen LogP contribution < -0.4 is 4.74 Å². The zero-order chi connectivity index (χ0) is 20.9. The van der Waals surface area contributed by atoms with E-state index in [-0.39, 0.29) is 12.1 Å². The largest absolute Gasteiger partial charge is 0.415 e. The Morgan fingerprint density at radius 3 is 2.28 bits per heavy atom. The van der Waals surface area contributed by atoms with Gasteiger partial charge in [-0.05, 0) is 77.2 Å². The van der Waals surface area contributed by atoms with Crippen LogP contribution in [0.1, 0.15) is 64.7 Å². The fourth-order valence-corrected chi connectivity index (χ4v) is 3.89. The van der Waals surface area contributed by atoms with Gasteiger partial charge in [-0.15, -0.1) is 0 Å². The van der Waals surface area contributed by atoms with Crippen molar-refractivity contribution in [3.05, 3.63) is 30.3 Å². The second-order valence-electron chi connectivity index (χ2n) is 8.31. The molecule has 0 aliphatic heterocycles. The van der Waals surface area contributed by atoms with Gasteiger partial charge in [-0.25, -0.2) is 4.79 Å². The van der Waals surface area contributed by atoms with E-state index >= 15 is 0 Å². The molecule has 0 bridgehead atoms. The second kappa shape index (κ2) is 13.6. The van der Waals surface area contributed by atoms with E-state index in [2.05, 4.69) is 18.9 Å². The Morgan fingerprint density at radius 1 is 0.966 bits per heavy atom. The first-order chi connectivity index (χ1) is 14.1. The fourth-order valence-electron chi connectivity index (χ4n) is 3.89. The molecule has 1 aromatic carbocycles. The number of para-hydroxylation sites is 1. The standard InChI is InChI=1S/C24H40N2O3/c1-4-5-9-18-25(2)19-10-11-20-28-22-16-14-21(15-17-22)26(3)24(27)29-23-12-7-6-8-13-23/h6-8,12-13,21-22H,4-5,9-11,14-20H2,1-3H3. The molecule has 2 rings (SSSR count). The van der Waals surface area contributed by atoms with Crippen LogP contribution in [0, 0.1) is 0 Å². The lowest BCUT2D eigenvalue weighted by Gasteiger charge is -2.34. The summed E-state index contributed by atoms with van der Waals surface area (Å²) in [6.45, 7) is 5.47. The first-order valence-corrected chi connectivity index (χ1v) is 11.4. The van der Waals surface area contributed by atoms with E-state index in [4.69, 9.17) is 9.47 Å². The lowest BCUT2D eigenvalue weighted by Crippen LogP contribution is -2.42. The predicted octanol–water partition coefficient (Wildman–Crippen LogP) is 5.35. The minimum atomic E-state index is -0.274. The van der Waals surface area contributed by atoms with Gasteiger partial charge in [0.05, 0.1) is 6.10 Å². The maximum absolute atomic E-state index is 12.3. The molecule has 1 aromatic rings. The van der Waals surface area contributed by atoms with Gasteiger partial charge in [0.25, 0.3) is 0 Å². The molecule has 1 saturated carbocycles. The molecule has 0 N–H and O–H groups in total. The van der Waals surface area contributed by atoms with Crippen LogP contribution in [0.2, 0.25) is 0 Å². The van der Waals surface area contributed by atoms with E-state index in [0.717, 1.165) is 45.3 Å². The molecule has 0 saturated heterocycles. The molecular formula is C24H40N2O3. The van der Waals surface area contributed by atoms with Gasteiger partial charge < -0.3 is 19.3 Å². The van der Waals surface area contributed by atoms with Gasteiger partial charge in [0.1, 0.15) is 5.75 Å². The minimum Gasteiger partial charge on any atom is -0.410 e. The summed E-state index contributed by atoms with van der Waals surface area (Å²) in [5, 5.41) is 0. The van der Waals surface area contributed by atoms with E-state index in [1.807, 2.05) is 25.2 Å². The van der Waals surface area contributed by atoms with Crippen molar-refractivity contribution in [2.24, 2.45) is 0 Å². The van der Waals surface area contributed by atoms with Crippen LogP contribution in [0.15, 0.2) is 30.3 Å². The highest BCUT2D eigenvalue weighted by Gasteiger charge is 2.27. The lowest BCUT2D eigenvalue weighted by atomic mass is 9.92. The topological polar surface area (TPSA) is 42.0 Å². The molecule has 0 spiro atoms. The molecule has 0 atom stereocenters. The average molecular weight is 405 g/mol. The third-order valence-corrected chi connectivity index (χ3v) is 5.86. The van der Waals surface area contributed by atoms with Gasteiger partial charge >= 0.3 is 6.09 Å². The SMILES string of the molecule is CCCCCN(C)CCCCOC1CCC(N(C)C(=O)Oc2ccccc2)CC1. The molecule has 5 heteroatoms. The third-order valence-electron chi connectivity index (χ3n) is 5.86. The Kier molecular flexibility index (Phi) is 11.1. The summed E-state index contributed by atoms with van der Waals surface area (Å²) in [6, 6.07) is 9.50.